The van der Waals surface area contributed by atoms with Crippen LogP contribution in [0.5, 0.6) is 5.75 Å². The summed E-state index contributed by atoms with van der Waals surface area (Å²) < 4.78 is 28.5. The normalized spacial score (nSPS) is 21.2. The van der Waals surface area contributed by atoms with E-state index >= 15 is 0 Å². The molecule has 1 saturated carbocycles. The molecule has 0 saturated heterocycles. The Morgan fingerprint density at radius 3 is 2.61 bits per heavy atom. The van der Waals surface area contributed by atoms with E-state index in [1.54, 1.807) is 12.1 Å². The molecular formula is C18H25F2NO2. The van der Waals surface area contributed by atoms with E-state index < -0.39 is 6.61 Å². The van der Waals surface area contributed by atoms with Crippen molar-refractivity contribution in [3.63, 3.8) is 0 Å². The van der Waals surface area contributed by atoms with Crippen molar-refractivity contribution in [2.75, 3.05) is 0 Å². The van der Waals surface area contributed by atoms with Crippen molar-refractivity contribution in [2.45, 2.75) is 64.5 Å². The number of carbonyl (C=O) groups excluding carboxylic acids is 1. The van der Waals surface area contributed by atoms with Crippen molar-refractivity contribution in [3.05, 3.63) is 29.8 Å². The van der Waals surface area contributed by atoms with E-state index in [0.29, 0.717) is 24.8 Å². The van der Waals surface area contributed by atoms with Gasteiger partial charge in [-0.2, -0.15) is 8.78 Å². The number of nitrogens with one attached hydrogen (secondary N) is 1. The minimum absolute atomic E-state index is 0.0725. The summed E-state index contributed by atoms with van der Waals surface area (Å²) in [5.74, 6) is 0.808. The number of ether oxygens (including phenoxy) is 1. The van der Waals surface area contributed by atoms with E-state index in [9.17, 15) is 13.6 Å². The second-order valence-electron chi connectivity index (χ2n) is 6.15. The van der Waals surface area contributed by atoms with E-state index in [1.165, 1.54) is 31.4 Å². The van der Waals surface area contributed by atoms with E-state index in [4.69, 9.17) is 0 Å². The summed E-state index contributed by atoms with van der Waals surface area (Å²) in [4.78, 5) is 12.1. The van der Waals surface area contributed by atoms with Crippen LogP contribution >= 0.6 is 0 Å². The van der Waals surface area contributed by atoms with Gasteiger partial charge in [-0.3, -0.25) is 4.79 Å². The van der Waals surface area contributed by atoms with Gasteiger partial charge in [-0.1, -0.05) is 38.3 Å². The van der Waals surface area contributed by atoms with Crippen LogP contribution in [-0.4, -0.2) is 18.6 Å². The zero-order valence-corrected chi connectivity index (χ0v) is 13.6. The standard InChI is InChI=1S/C18H25F2NO2/c1-2-14-5-3-4-6-16(14)21-17(22)12-9-13-7-10-15(11-8-13)23-18(19)20/h7-8,10-11,14,16,18H,2-6,9,12H2,1H3,(H,21,22). The summed E-state index contributed by atoms with van der Waals surface area (Å²) in [5, 5.41) is 3.16. The maximum atomic E-state index is 12.1. The second kappa shape index (κ2) is 8.85. The van der Waals surface area contributed by atoms with E-state index in [1.807, 2.05) is 0 Å². The topological polar surface area (TPSA) is 38.3 Å². The van der Waals surface area contributed by atoms with Gasteiger partial charge in [0.15, 0.2) is 0 Å². The van der Waals surface area contributed by atoms with Gasteiger partial charge >= 0.3 is 6.61 Å². The van der Waals surface area contributed by atoms with Gasteiger partial charge in [0.1, 0.15) is 5.75 Å². The fraction of sp³-hybridized carbons (Fsp3) is 0.611. The molecule has 1 N–H and O–H groups in total. The Bertz CT molecular complexity index is 490. The lowest BCUT2D eigenvalue weighted by atomic mass is 9.83. The van der Waals surface area contributed by atoms with Crippen LogP contribution in [0.3, 0.4) is 0 Å². The fourth-order valence-electron chi connectivity index (χ4n) is 3.26. The molecule has 0 aliphatic heterocycles. The van der Waals surface area contributed by atoms with Crippen LogP contribution in [0.4, 0.5) is 8.78 Å². The zero-order chi connectivity index (χ0) is 16.7. The monoisotopic (exact) mass is 325 g/mol. The molecule has 1 aromatic carbocycles. The molecule has 3 nitrogen and oxygen atoms in total. The first-order valence-electron chi connectivity index (χ1n) is 8.41. The third-order valence-electron chi connectivity index (χ3n) is 4.57. The van der Waals surface area contributed by atoms with Crippen LogP contribution in [-0.2, 0) is 11.2 Å². The SMILES string of the molecule is CCC1CCCCC1NC(=O)CCc1ccc(OC(F)F)cc1. The van der Waals surface area contributed by atoms with Gasteiger partial charge in [-0.15, -0.1) is 0 Å². The minimum atomic E-state index is -2.81. The first kappa shape index (κ1) is 17.7. The van der Waals surface area contributed by atoms with E-state index in [2.05, 4.69) is 17.0 Å². The average Bonchev–Trinajstić information content (AvgIpc) is 2.54. The highest BCUT2D eigenvalue weighted by Crippen LogP contribution is 2.26. The Morgan fingerprint density at radius 2 is 1.96 bits per heavy atom. The van der Waals surface area contributed by atoms with E-state index in [0.717, 1.165) is 18.4 Å². The van der Waals surface area contributed by atoms with Crippen LogP contribution in [0.1, 0.15) is 51.0 Å². The van der Waals surface area contributed by atoms with Crippen molar-refractivity contribution < 1.29 is 18.3 Å². The molecular weight excluding hydrogens is 300 g/mol. The third kappa shape index (κ3) is 5.81. The van der Waals surface area contributed by atoms with Crippen LogP contribution in [0, 0.1) is 5.92 Å². The molecule has 0 heterocycles. The third-order valence-corrected chi connectivity index (χ3v) is 4.57. The summed E-state index contributed by atoms with van der Waals surface area (Å²) in [6.45, 7) is -0.633. The second-order valence-corrected chi connectivity index (χ2v) is 6.15. The molecule has 5 heteroatoms. The van der Waals surface area contributed by atoms with Crippen molar-refractivity contribution >= 4 is 5.91 Å². The maximum absolute atomic E-state index is 12.1. The van der Waals surface area contributed by atoms with Gasteiger partial charge in [-0.05, 0) is 42.9 Å². The number of hydrogen-bond acceptors (Lipinski definition) is 2. The number of hydrogen-bond donors (Lipinski definition) is 1. The Balaban J connectivity index is 1.77. The molecule has 1 aromatic rings. The molecule has 1 amide bonds. The zero-order valence-electron chi connectivity index (χ0n) is 13.6. The molecule has 1 fully saturated rings. The fourth-order valence-corrected chi connectivity index (χ4v) is 3.26. The summed E-state index contributed by atoms with van der Waals surface area (Å²) in [7, 11) is 0. The summed E-state index contributed by atoms with van der Waals surface area (Å²) in [6, 6.07) is 6.77. The molecule has 0 spiro atoms. The van der Waals surface area contributed by atoms with Crippen LogP contribution in [0.25, 0.3) is 0 Å². The Kier molecular flexibility index (Phi) is 6.81. The maximum Gasteiger partial charge on any atom is 0.387 e. The van der Waals surface area contributed by atoms with E-state index in [-0.39, 0.29) is 11.7 Å². The summed E-state index contributed by atoms with van der Waals surface area (Å²) >= 11 is 0. The van der Waals surface area contributed by atoms with Crippen molar-refractivity contribution in [2.24, 2.45) is 5.92 Å². The number of carbonyl (C=O) groups is 1. The Labute approximate surface area is 136 Å². The van der Waals surface area contributed by atoms with Gasteiger partial charge in [-0.25, -0.2) is 0 Å². The van der Waals surface area contributed by atoms with Gasteiger partial charge < -0.3 is 10.1 Å². The molecule has 0 bridgehead atoms. The minimum Gasteiger partial charge on any atom is -0.435 e. The molecule has 0 aromatic heterocycles. The van der Waals surface area contributed by atoms with Gasteiger partial charge in [0.05, 0.1) is 0 Å². The molecule has 128 valence electrons. The van der Waals surface area contributed by atoms with Gasteiger partial charge in [0.2, 0.25) is 5.91 Å². The Morgan fingerprint density at radius 1 is 1.26 bits per heavy atom. The molecule has 0 radical (unpaired) electrons. The number of rotatable bonds is 7. The first-order chi connectivity index (χ1) is 11.1. The lowest BCUT2D eigenvalue weighted by molar-refractivity contribution is -0.122. The highest BCUT2D eigenvalue weighted by Gasteiger charge is 2.24. The van der Waals surface area contributed by atoms with Crippen LogP contribution in [0.15, 0.2) is 24.3 Å². The number of halogens is 2. The average molecular weight is 325 g/mol. The van der Waals surface area contributed by atoms with Crippen molar-refractivity contribution in [3.8, 4) is 5.75 Å². The van der Waals surface area contributed by atoms with Crippen molar-refractivity contribution in [1.29, 1.82) is 0 Å². The molecule has 1 aliphatic rings. The predicted molar refractivity (Wildman–Crippen MR) is 85.6 cm³/mol. The van der Waals surface area contributed by atoms with Crippen LogP contribution in [0.2, 0.25) is 0 Å². The molecule has 2 rings (SSSR count). The quantitative estimate of drug-likeness (QED) is 0.811. The molecule has 2 unspecified atom stereocenters. The number of amides is 1. The molecule has 2 atom stereocenters. The number of benzene rings is 1. The number of aryl methyl sites for hydroxylation is 1. The smallest absolute Gasteiger partial charge is 0.387 e. The van der Waals surface area contributed by atoms with Crippen LogP contribution < -0.4 is 10.1 Å². The number of alkyl halides is 2. The van der Waals surface area contributed by atoms with Gasteiger partial charge in [0.25, 0.3) is 0 Å². The predicted octanol–water partition coefficient (Wildman–Crippen LogP) is 4.31. The molecule has 23 heavy (non-hydrogen) atoms. The lowest BCUT2D eigenvalue weighted by Crippen LogP contribution is -2.41. The Hall–Kier alpha value is -1.65. The lowest BCUT2D eigenvalue weighted by Gasteiger charge is -2.31. The molecule has 1 aliphatic carbocycles. The van der Waals surface area contributed by atoms with Crippen molar-refractivity contribution in [1.82, 2.24) is 5.32 Å². The summed E-state index contributed by atoms with van der Waals surface area (Å²) in [5.41, 5.74) is 0.942. The summed E-state index contributed by atoms with van der Waals surface area (Å²) in [6.07, 6.45) is 6.85. The highest BCUT2D eigenvalue weighted by atomic mass is 19.3. The highest BCUT2D eigenvalue weighted by molar-refractivity contribution is 5.76. The van der Waals surface area contributed by atoms with Gasteiger partial charge in [0, 0.05) is 12.5 Å². The first-order valence-corrected chi connectivity index (χ1v) is 8.41. The largest absolute Gasteiger partial charge is 0.435 e.